The van der Waals surface area contributed by atoms with Crippen LogP contribution in [0, 0.1) is 11.3 Å². The van der Waals surface area contributed by atoms with Crippen molar-refractivity contribution < 1.29 is 9.90 Å². The Bertz CT molecular complexity index is 857. The molecule has 21 heavy (non-hydrogen) atoms. The van der Waals surface area contributed by atoms with Crippen LogP contribution in [0.1, 0.15) is 16.1 Å². The average molecular weight is 298 g/mol. The van der Waals surface area contributed by atoms with Crippen LogP contribution >= 0.6 is 11.3 Å². The summed E-state index contributed by atoms with van der Waals surface area (Å²) < 4.78 is 1.56. The Balaban J connectivity index is 2.10. The maximum Gasteiger partial charge on any atom is 0.356 e. The van der Waals surface area contributed by atoms with Gasteiger partial charge in [0.2, 0.25) is 0 Å². The van der Waals surface area contributed by atoms with Crippen molar-refractivity contribution in [1.29, 1.82) is 5.26 Å². The molecule has 1 aromatic carbocycles. The van der Waals surface area contributed by atoms with E-state index in [9.17, 15) is 9.90 Å². The van der Waals surface area contributed by atoms with Crippen molar-refractivity contribution in [1.82, 2.24) is 9.38 Å². The van der Waals surface area contributed by atoms with Crippen LogP contribution in [0.3, 0.4) is 0 Å². The highest BCUT2D eigenvalue weighted by Gasteiger charge is 2.22. The molecule has 3 rings (SSSR count). The minimum Gasteiger partial charge on any atom is -0.476 e. The van der Waals surface area contributed by atoms with Crippen molar-refractivity contribution in [2.45, 2.75) is 0 Å². The van der Waals surface area contributed by atoms with Gasteiger partial charge in [-0.2, -0.15) is 5.26 Å². The Labute approximate surface area is 124 Å². The van der Waals surface area contributed by atoms with Gasteiger partial charge in [-0.15, -0.1) is 11.3 Å². The monoisotopic (exact) mass is 298 g/mol. The van der Waals surface area contributed by atoms with Crippen LogP contribution in [0.25, 0.3) is 4.96 Å². The van der Waals surface area contributed by atoms with Gasteiger partial charge in [0.15, 0.2) is 16.5 Å². The summed E-state index contributed by atoms with van der Waals surface area (Å²) in [5.41, 5.74) is 1.44. The zero-order chi connectivity index (χ0) is 15.0. The van der Waals surface area contributed by atoms with Crippen molar-refractivity contribution in [3.05, 3.63) is 47.1 Å². The van der Waals surface area contributed by atoms with Gasteiger partial charge in [0.1, 0.15) is 0 Å². The number of aromatic nitrogens is 2. The smallest absolute Gasteiger partial charge is 0.356 e. The lowest BCUT2D eigenvalue weighted by Crippen LogP contribution is -2.14. The maximum absolute atomic E-state index is 11.5. The Kier molecular flexibility index (Phi) is 3.08. The molecule has 0 radical (unpaired) electrons. The quantitative estimate of drug-likeness (QED) is 0.804. The first-order valence-corrected chi connectivity index (χ1v) is 6.92. The third kappa shape index (κ3) is 2.11. The van der Waals surface area contributed by atoms with Crippen molar-refractivity contribution >= 4 is 33.8 Å². The van der Waals surface area contributed by atoms with E-state index in [2.05, 4.69) is 4.98 Å². The molecule has 2 heterocycles. The highest BCUT2D eigenvalue weighted by molar-refractivity contribution is 7.15. The molecule has 2 aromatic heterocycles. The van der Waals surface area contributed by atoms with Crippen LogP contribution in [-0.4, -0.2) is 27.5 Å². The van der Waals surface area contributed by atoms with E-state index in [0.29, 0.717) is 16.3 Å². The number of fused-ring (bicyclic) bond motifs is 1. The van der Waals surface area contributed by atoms with Crippen LogP contribution in [0.15, 0.2) is 35.8 Å². The van der Waals surface area contributed by atoms with E-state index in [1.165, 1.54) is 11.3 Å². The minimum atomic E-state index is -1.03. The summed E-state index contributed by atoms with van der Waals surface area (Å²) >= 11 is 1.38. The van der Waals surface area contributed by atoms with Crippen LogP contribution in [-0.2, 0) is 0 Å². The summed E-state index contributed by atoms with van der Waals surface area (Å²) in [5, 5.41) is 20.0. The van der Waals surface area contributed by atoms with Crippen molar-refractivity contribution in [2.24, 2.45) is 0 Å². The number of hydrogen-bond donors (Lipinski definition) is 1. The van der Waals surface area contributed by atoms with Gasteiger partial charge in [0, 0.05) is 24.3 Å². The van der Waals surface area contributed by atoms with E-state index in [-0.39, 0.29) is 5.69 Å². The van der Waals surface area contributed by atoms with Crippen LogP contribution in [0.2, 0.25) is 0 Å². The van der Waals surface area contributed by atoms with E-state index in [1.54, 1.807) is 52.2 Å². The number of carboxylic acids is 1. The maximum atomic E-state index is 11.5. The van der Waals surface area contributed by atoms with E-state index in [4.69, 9.17) is 5.26 Å². The highest BCUT2D eigenvalue weighted by Crippen LogP contribution is 2.29. The second kappa shape index (κ2) is 4.92. The predicted octanol–water partition coefficient (Wildman–Crippen LogP) is 2.73. The predicted molar refractivity (Wildman–Crippen MR) is 79.2 cm³/mol. The third-order valence-corrected chi connectivity index (χ3v) is 3.90. The van der Waals surface area contributed by atoms with Gasteiger partial charge in [0.05, 0.1) is 11.6 Å². The van der Waals surface area contributed by atoms with E-state index >= 15 is 0 Å². The second-order valence-electron chi connectivity index (χ2n) is 4.36. The first-order chi connectivity index (χ1) is 10.1. The number of nitrogens with zero attached hydrogens (tertiary/aromatic N) is 4. The Morgan fingerprint density at radius 1 is 1.43 bits per heavy atom. The zero-order valence-electron chi connectivity index (χ0n) is 11.0. The molecule has 0 aliphatic rings. The first kappa shape index (κ1) is 13.1. The molecule has 104 valence electrons. The number of nitriles is 1. The number of carboxylic acid groups (broad SMARTS) is 1. The van der Waals surface area contributed by atoms with Gasteiger partial charge in [0.25, 0.3) is 0 Å². The number of imidazole rings is 1. The number of anilines is 2. The number of thiazole rings is 1. The van der Waals surface area contributed by atoms with Crippen molar-refractivity contribution in [3.63, 3.8) is 0 Å². The van der Waals surface area contributed by atoms with Crippen LogP contribution < -0.4 is 4.90 Å². The van der Waals surface area contributed by atoms with E-state index < -0.39 is 5.97 Å². The molecule has 0 atom stereocenters. The van der Waals surface area contributed by atoms with Gasteiger partial charge >= 0.3 is 5.97 Å². The molecular formula is C14H10N4O2S. The molecule has 0 saturated heterocycles. The Morgan fingerprint density at radius 2 is 2.14 bits per heavy atom. The number of carbonyl (C=O) groups is 1. The molecule has 1 N–H and O–H groups in total. The van der Waals surface area contributed by atoms with E-state index in [1.807, 2.05) is 6.07 Å². The standard InChI is InChI=1S/C14H10N4O2S/c1-17(10-4-2-9(8-15)3-5-10)12-11(13(19)20)18-6-7-21-14(18)16-12/h2-7H,1H3,(H,19,20). The lowest BCUT2D eigenvalue weighted by Gasteiger charge is -2.17. The zero-order valence-corrected chi connectivity index (χ0v) is 11.8. The van der Waals surface area contributed by atoms with Crippen LogP contribution in [0.5, 0.6) is 0 Å². The summed E-state index contributed by atoms with van der Waals surface area (Å²) in [6.07, 6.45) is 1.69. The molecule has 7 heteroatoms. The minimum absolute atomic E-state index is 0.123. The van der Waals surface area contributed by atoms with Crippen molar-refractivity contribution in [3.8, 4) is 6.07 Å². The molecule has 0 fully saturated rings. The normalized spacial score (nSPS) is 10.5. The molecule has 0 unspecified atom stereocenters. The largest absolute Gasteiger partial charge is 0.476 e. The third-order valence-electron chi connectivity index (χ3n) is 3.15. The molecule has 0 bridgehead atoms. The molecule has 0 aliphatic heterocycles. The molecular weight excluding hydrogens is 288 g/mol. The summed E-state index contributed by atoms with van der Waals surface area (Å²) in [5.74, 6) is -0.657. The summed E-state index contributed by atoms with van der Waals surface area (Å²) in [7, 11) is 1.75. The molecule has 6 nitrogen and oxygen atoms in total. The molecule has 0 saturated carbocycles. The topological polar surface area (TPSA) is 81.6 Å². The lowest BCUT2D eigenvalue weighted by atomic mass is 10.2. The number of hydrogen-bond acceptors (Lipinski definition) is 5. The SMILES string of the molecule is CN(c1ccc(C#N)cc1)c1nc2sccn2c1C(=O)O. The fraction of sp³-hybridized carbons (Fsp3) is 0.0714. The first-order valence-electron chi connectivity index (χ1n) is 6.04. The Morgan fingerprint density at radius 3 is 2.76 bits per heavy atom. The summed E-state index contributed by atoms with van der Waals surface area (Å²) in [6.45, 7) is 0. The molecule has 0 spiro atoms. The highest BCUT2D eigenvalue weighted by atomic mass is 32.1. The fourth-order valence-corrected chi connectivity index (χ4v) is 2.80. The number of rotatable bonds is 3. The molecule has 3 aromatic rings. The number of benzene rings is 1. The van der Waals surface area contributed by atoms with Gasteiger partial charge in [-0.3, -0.25) is 4.40 Å². The van der Waals surface area contributed by atoms with Gasteiger partial charge in [-0.1, -0.05) is 0 Å². The summed E-state index contributed by atoms with van der Waals surface area (Å²) in [6, 6.07) is 8.94. The molecule has 0 aliphatic carbocycles. The van der Waals surface area contributed by atoms with Gasteiger partial charge in [-0.05, 0) is 24.3 Å². The van der Waals surface area contributed by atoms with Crippen LogP contribution in [0.4, 0.5) is 11.5 Å². The number of aromatic carboxylic acids is 1. The second-order valence-corrected chi connectivity index (χ2v) is 5.24. The fourth-order valence-electron chi connectivity index (χ4n) is 2.09. The summed E-state index contributed by atoms with van der Waals surface area (Å²) in [4.78, 5) is 18.2. The van der Waals surface area contributed by atoms with E-state index in [0.717, 1.165) is 5.69 Å². The van der Waals surface area contributed by atoms with Crippen molar-refractivity contribution in [2.75, 3.05) is 11.9 Å². The lowest BCUT2D eigenvalue weighted by molar-refractivity contribution is 0.0690. The average Bonchev–Trinajstić information content (AvgIpc) is 3.06. The Hall–Kier alpha value is -2.85. The molecule has 0 amide bonds. The van der Waals surface area contributed by atoms with Gasteiger partial charge < -0.3 is 10.0 Å². The van der Waals surface area contributed by atoms with Gasteiger partial charge in [-0.25, -0.2) is 9.78 Å².